The predicted octanol–water partition coefficient (Wildman–Crippen LogP) is 2.35. The second kappa shape index (κ2) is 5.40. The average molecular weight is 320 g/mol. The standard InChI is InChI=1S/C13H8N2O8/c16-6-7-1-2-9(23-7)8-5-10-13(22-4-3-21-10)12(15(19)20)11(8)14(17)18/h1-2,5-6H,3-4H2. The van der Waals surface area contributed by atoms with E-state index in [9.17, 15) is 25.0 Å². The number of hydrogen-bond acceptors (Lipinski definition) is 8. The summed E-state index contributed by atoms with van der Waals surface area (Å²) in [5.41, 5.74) is -1.77. The van der Waals surface area contributed by atoms with E-state index >= 15 is 0 Å². The maximum atomic E-state index is 11.4. The van der Waals surface area contributed by atoms with Crippen LogP contribution in [0.2, 0.25) is 0 Å². The smallest absolute Gasteiger partial charge is 0.392 e. The van der Waals surface area contributed by atoms with Crippen LogP contribution in [0.5, 0.6) is 11.5 Å². The van der Waals surface area contributed by atoms with Crippen LogP contribution in [0.15, 0.2) is 22.6 Å². The quantitative estimate of drug-likeness (QED) is 0.475. The average Bonchev–Trinajstić information content (AvgIpc) is 3.01. The van der Waals surface area contributed by atoms with E-state index < -0.39 is 21.2 Å². The summed E-state index contributed by atoms with van der Waals surface area (Å²) >= 11 is 0. The summed E-state index contributed by atoms with van der Waals surface area (Å²) in [6.45, 7) is 0.194. The van der Waals surface area contributed by atoms with Crippen molar-refractivity contribution in [3.05, 3.63) is 44.2 Å². The predicted molar refractivity (Wildman–Crippen MR) is 73.8 cm³/mol. The highest BCUT2D eigenvalue weighted by atomic mass is 16.6. The summed E-state index contributed by atoms with van der Waals surface area (Å²) in [7, 11) is 0. The fraction of sp³-hybridized carbons (Fsp3) is 0.154. The molecule has 118 valence electrons. The maximum absolute atomic E-state index is 11.4. The van der Waals surface area contributed by atoms with Crippen LogP contribution in [-0.2, 0) is 0 Å². The molecule has 0 atom stereocenters. The number of aldehydes is 1. The van der Waals surface area contributed by atoms with Crippen molar-refractivity contribution in [2.24, 2.45) is 0 Å². The van der Waals surface area contributed by atoms with Crippen molar-refractivity contribution in [3.63, 3.8) is 0 Å². The summed E-state index contributed by atoms with van der Waals surface area (Å²) in [5, 5.41) is 22.7. The molecule has 0 radical (unpaired) electrons. The third-order valence-corrected chi connectivity index (χ3v) is 3.15. The normalized spacial score (nSPS) is 12.7. The van der Waals surface area contributed by atoms with Gasteiger partial charge < -0.3 is 13.9 Å². The molecule has 1 aromatic heterocycles. The van der Waals surface area contributed by atoms with Gasteiger partial charge in [-0.05, 0) is 12.1 Å². The zero-order chi connectivity index (χ0) is 16.6. The number of carbonyl (C=O) groups is 1. The summed E-state index contributed by atoms with van der Waals surface area (Å²) < 4.78 is 15.6. The van der Waals surface area contributed by atoms with Crippen molar-refractivity contribution in [2.45, 2.75) is 0 Å². The van der Waals surface area contributed by atoms with Crippen molar-refractivity contribution in [1.82, 2.24) is 0 Å². The molecule has 0 unspecified atom stereocenters. The number of hydrogen-bond donors (Lipinski definition) is 0. The Morgan fingerprint density at radius 3 is 2.35 bits per heavy atom. The van der Waals surface area contributed by atoms with E-state index in [2.05, 4.69) is 0 Å². The number of furan rings is 1. The lowest BCUT2D eigenvalue weighted by molar-refractivity contribution is -0.422. The van der Waals surface area contributed by atoms with Crippen molar-refractivity contribution in [3.8, 4) is 22.8 Å². The minimum Gasteiger partial charge on any atom is -0.486 e. The molecular formula is C13H8N2O8. The highest BCUT2D eigenvalue weighted by Gasteiger charge is 2.39. The molecule has 0 N–H and O–H groups in total. The second-order valence-electron chi connectivity index (χ2n) is 4.48. The van der Waals surface area contributed by atoms with Gasteiger partial charge >= 0.3 is 11.4 Å². The molecule has 0 saturated heterocycles. The first kappa shape index (κ1) is 14.5. The minimum absolute atomic E-state index is 0.00704. The summed E-state index contributed by atoms with van der Waals surface area (Å²) in [4.78, 5) is 31.6. The molecule has 0 saturated carbocycles. The Labute approximate surface area is 127 Å². The van der Waals surface area contributed by atoms with Crippen molar-refractivity contribution >= 4 is 17.7 Å². The van der Waals surface area contributed by atoms with E-state index in [0.717, 1.165) is 0 Å². The van der Waals surface area contributed by atoms with E-state index in [1.807, 2.05) is 0 Å². The Bertz CT molecular complexity index is 826. The molecule has 10 heteroatoms. The van der Waals surface area contributed by atoms with Gasteiger partial charge in [-0.2, -0.15) is 0 Å². The Kier molecular flexibility index (Phi) is 3.41. The molecule has 2 heterocycles. The van der Waals surface area contributed by atoms with E-state index in [0.29, 0.717) is 6.29 Å². The molecule has 0 fully saturated rings. The van der Waals surface area contributed by atoms with Crippen LogP contribution in [0.3, 0.4) is 0 Å². The number of nitro benzene ring substituents is 2. The zero-order valence-electron chi connectivity index (χ0n) is 11.4. The van der Waals surface area contributed by atoms with Gasteiger partial charge in [-0.3, -0.25) is 25.0 Å². The van der Waals surface area contributed by atoms with Crippen LogP contribution in [0.4, 0.5) is 11.4 Å². The van der Waals surface area contributed by atoms with Gasteiger partial charge in [0.2, 0.25) is 5.75 Å². The van der Waals surface area contributed by atoms with Gasteiger partial charge in [0.15, 0.2) is 17.8 Å². The maximum Gasteiger partial charge on any atom is 0.392 e. The SMILES string of the molecule is O=Cc1ccc(-c2cc3c(c([N+](=O)[O-])c2[N+](=O)[O-])OCCO3)o1. The molecule has 0 aliphatic carbocycles. The zero-order valence-corrected chi connectivity index (χ0v) is 11.4. The van der Waals surface area contributed by atoms with Crippen LogP contribution >= 0.6 is 0 Å². The minimum atomic E-state index is -0.904. The molecule has 3 rings (SSSR count). The third kappa shape index (κ3) is 2.35. The first-order valence-corrected chi connectivity index (χ1v) is 6.33. The van der Waals surface area contributed by atoms with Crippen molar-refractivity contribution < 1.29 is 28.5 Å². The first-order chi connectivity index (χ1) is 11.0. The molecule has 1 aliphatic heterocycles. The summed E-state index contributed by atoms with van der Waals surface area (Å²) in [5.74, 6) is -0.405. The van der Waals surface area contributed by atoms with Gasteiger partial charge in [-0.15, -0.1) is 0 Å². The number of nitrogens with zero attached hydrogens (tertiary/aromatic N) is 2. The van der Waals surface area contributed by atoms with E-state index in [1.165, 1.54) is 18.2 Å². The lowest BCUT2D eigenvalue weighted by atomic mass is 10.1. The van der Waals surface area contributed by atoms with Gasteiger partial charge in [0.25, 0.3) is 0 Å². The molecule has 0 amide bonds. The molecule has 1 aromatic carbocycles. The van der Waals surface area contributed by atoms with Crippen LogP contribution < -0.4 is 9.47 Å². The van der Waals surface area contributed by atoms with E-state index in [4.69, 9.17) is 13.9 Å². The van der Waals surface area contributed by atoms with E-state index in [-0.39, 0.29) is 41.8 Å². The Morgan fingerprint density at radius 2 is 1.74 bits per heavy atom. The molecular weight excluding hydrogens is 312 g/mol. The summed E-state index contributed by atoms with van der Waals surface area (Å²) in [6.07, 6.45) is 0.418. The fourth-order valence-electron chi connectivity index (χ4n) is 2.26. The molecule has 0 bridgehead atoms. The molecule has 2 aromatic rings. The topological polar surface area (TPSA) is 135 Å². The number of fused-ring (bicyclic) bond motifs is 1. The molecule has 0 spiro atoms. The Morgan fingerprint density at radius 1 is 1.04 bits per heavy atom. The number of nitro groups is 2. The number of ether oxygens (including phenoxy) is 2. The van der Waals surface area contributed by atoms with Gasteiger partial charge in [0.1, 0.15) is 24.5 Å². The lowest BCUT2D eigenvalue weighted by Gasteiger charge is -2.18. The van der Waals surface area contributed by atoms with Gasteiger partial charge in [-0.25, -0.2) is 0 Å². The van der Waals surface area contributed by atoms with Gasteiger partial charge in [-0.1, -0.05) is 0 Å². The fourth-order valence-corrected chi connectivity index (χ4v) is 2.26. The molecule has 23 heavy (non-hydrogen) atoms. The molecule has 1 aliphatic rings. The van der Waals surface area contributed by atoms with Crippen molar-refractivity contribution in [1.29, 1.82) is 0 Å². The van der Waals surface area contributed by atoms with Crippen LogP contribution in [0.1, 0.15) is 10.6 Å². The third-order valence-electron chi connectivity index (χ3n) is 3.15. The van der Waals surface area contributed by atoms with Gasteiger partial charge in [0.05, 0.1) is 9.85 Å². The lowest BCUT2D eigenvalue weighted by Crippen LogP contribution is -2.17. The number of rotatable bonds is 4. The van der Waals surface area contributed by atoms with Crippen LogP contribution in [-0.4, -0.2) is 29.3 Å². The second-order valence-corrected chi connectivity index (χ2v) is 4.48. The van der Waals surface area contributed by atoms with Crippen molar-refractivity contribution in [2.75, 3.05) is 13.2 Å². The van der Waals surface area contributed by atoms with Crippen LogP contribution in [0.25, 0.3) is 11.3 Å². The number of benzene rings is 1. The highest BCUT2D eigenvalue weighted by Crippen LogP contribution is 2.50. The van der Waals surface area contributed by atoms with Crippen LogP contribution in [0, 0.1) is 20.2 Å². The number of carbonyl (C=O) groups excluding carboxylic acids is 1. The van der Waals surface area contributed by atoms with Gasteiger partial charge in [0, 0.05) is 6.07 Å². The summed E-state index contributed by atoms with van der Waals surface area (Å²) in [6, 6.07) is 3.84. The van der Waals surface area contributed by atoms with E-state index in [1.54, 1.807) is 0 Å². The monoisotopic (exact) mass is 320 g/mol. The highest BCUT2D eigenvalue weighted by molar-refractivity contribution is 5.84. The Hall–Kier alpha value is -3.43. The largest absolute Gasteiger partial charge is 0.486 e. The first-order valence-electron chi connectivity index (χ1n) is 6.33. The molecule has 10 nitrogen and oxygen atoms in total. The Balaban J connectivity index is 2.34.